The summed E-state index contributed by atoms with van der Waals surface area (Å²) in [5.74, 6) is 0.289. The first-order valence-corrected chi connectivity index (χ1v) is 10.4. The van der Waals surface area contributed by atoms with E-state index in [-0.39, 0.29) is 23.8 Å². The Labute approximate surface area is 168 Å². The predicted molar refractivity (Wildman–Crippen MR) is 105 cm³/mol. The number of furan rings is 1. The first-order chi connectivity index (χ1) is 13.5. The highest BCUT2D eigenvalue weighted by Crippen LogP contribution is 2.28. The summed E-state index contributed by atoms with van der Waals surface area (Å²) in [4.78, 5) is 12.3. The minimum Gasteiger partial charge on any atom is -0.484 e. The van der Waals surface area contributed by atoms with Crippen molar-refractivity contribution in [1.82, 2.24) is 5.32 Å². The Kier molecular flexibility index (Phi) is 6.38. The zero-order valence-corrected chi connectivity index (χ0v) is 16.3. The molecule has 28 heavy (non-hydrogen) atoms. The predicted octanol–water partition coefficient (Wildman–Crippen LogP) is 3.64. The largest absolute Gasteiger partial charge is 0.484 e. The second-order valence-corrected chi connectivity index (χ2v) is 8.48. The molecule has 0 aliphatic rings. The molecule has 146 valence electrons. The number of sulfone groups is 1. The number of carbonyl (C=O) groups excluding carboxylic acids is 1. The molecule has 1 N–H and O–H groups in total. The van der Waals surface area contributed by atoms with Crippen LogP contribution >= 0.6 is 11.6 Å². The Bertz CT molecular complexity index is 1000. The van der Waals surface area contributed by atoms with Crippen molar-refractivity contribution in [3.05, 3.63) is 83.8 Å². The second kappa shape index (κ2) is 8.95. The molecule has 3 rings (SSSR count). The summed E-state index contributed by atoms with van der Waals surface area (Å²) < 4.78 is 36.7. The van der Waals surface area contributed by atoms with Crippen LogP contribution in [-0.4, -0.2) is 27.5 Å². The van der Waals surface area contributed by atoms with Gasteiger partial charge >= 0.3 is 0 Å². The Morgan fingerprint density at radius 1 is 1.04 bits per heavy atom. The van der Waals surface area contributed by atoms with Gasteiger partial charge in [0.15, 0.2) is 16.4 Å². The minimum absolute atomic E-state index is 0.145. The van der Waals surface area contributed by atoms with Crippen LogP contribution in [0.2, 0.25) is 5.02 Å². The maximum Gasteiger partial charge on any atom is 0.257 e. The van der Waals surface area contributed by atoms with Gasteiger partial charge in [-0.2, -0.15) is 0 Å². The van der Waals surface area contributed by atoms with Crippen LogP contribution in [0.25, 0.3) is 0 Å². The molecule has 0 spiro atoms. The molecule has 0 saturated carbocycles. The summed E-state index contributed by atoms with van der Waals surface area (Å²) in [6.07, 6.45) is 1.40. The zero-order valence-electron chi connectivity index (χ0n) is 14.7. The number of benzene rings is 2. The molecule has 2 aromatic carbocycles. The van der Waals surface area contributed by atoms with Crippen molar-refractivity contribution in [3.8, 4) is 5.75 Å². The zero-order chi connectivity index (χ0) is 20.0. The maximum absolute atomic E-state index is 13.0. The number of amides is 1. The van der Waals surface area contributed by atoms with E-state index in [4.69, 9.17) is 20.8 Å². The highest BCUT2D eigenvalue weighted by molar-refractivity contribution is 7.91. The van der Waals surface area contributed by atoms with Crippen molar-refractivity contribution >= 4 is 27.3 Å². The van der Waals surface area contributed by atoms with Crippen molar-refractivity contribution in [2.45, 2.75) is 10.1 Å². The highest BCUT2D eigenvalue weighted by Gasteiger charge is 2.31. The van der Waals surface area contributed by atoms with Crippen molar-refractivity contribution in [2.24, 2.45) is 0 Å². The van der Waals surface area contributed by atoms with E-state index in [1.165, 1.54) is 18.4 Å². The fourth-order valence-corrected chi connectivity index (χ4v) is 4.28. The quantitative estimate of drug-likeness (QED) is 0.602. The number of ether oxygens (including phenoxy) is 1. The van der Waals surface area contributed by atoms with Crippen molar-refractivity contribution < 1.29 is 22.4 Å². The fourth-order valence-electron chi connectivity index (χ4n) is 2.55. The lowest BCUT2D eigenvalue weighted by Crippen LogP contribution is -2.34. The number of carbonyl (C=O) groups is 1. The standard InChI is InChI=1S/C20H18ClNO5S/c21-15-8-10-16(11-9-15)27-14-20(23)22-13-19(18-7-4-12-26-18)28(24,25)17-5-2-1-3-6-17/h1-12,19H,13-14H2,(H,22,23)/t19-/m1/s1. The third kappa shape index (κ3) is 4.94. The summed E-state index contributed by atoms with van der Waals surface area (Å²) in [5.41, 5.74) is 0. The maximum atomic E-state index is 13.0. The van der Waals surface area contributed by atoms with Crippen LogP contribution in [0.4, 0.5) is 0 Å². The fraction of sp³-hybridized carbons (Fsp3) is 0.150. The highest BCUT2D eigenvalue weighted by atomic mass is 35.5. The van der Waals surface area contributed by atoms with Gasteiger partial charge in [-0.3, -0.25) is 4.79 Å². The molecule has 0 saturated heterocycles. The first kappa shape index (κ1) is 20.0. The monoisotopic (exact) mass is 419 g/mol. The molecule has 1 atom stereocenters. The van der Waals surface area contributed by atoms with Crippen LogP contribution in [0.5, 0.6) is 5.75 Å². The molecule has 1 aromatic heterocycles. The molecule has 6 nitrogen and oxygen atoms in total. The van der Waals surface area contributed by atoms with Crippen LogP contribution in [-0.2, 0) is 14.6 Å². The molecule has 0 bridgehead atoms. The summed E-state index contributed by atoms with van der Waals surface area (Å²) in [6.45, 7) is -0.397. The van der Waals surface area contributed by atoms with Crippen LogP contribution in [0.1, 0.15) is 11.0 Å². The molecule has 1 heterocycles. The molecule has 8 heteroatoms. The lowest BCUT2D eigenvalue weighted by atomic mass is 10.3. The van der Waals surface area contributed by atoms with Crippen molar-refractivity contribution in [3.63, 3.8) is 0 Å². The molecule has 0 unspecified atom stereocenters. The number of nitrogens with one attached hydrogen (secondary N) is 1. The molecule has 0 fully saturated rings. The summed E-state index contributed by atoms with van der Waals surface area (Å²) in [6, 6.07) is 17.8. The Morgan fingerprint density at radius 3 is 2.39 bits per heavy atom. The van der Waals surface area contributed by atoms with Gasteiger partial charge < -0.3 is 14.5 Å². The number of hydrogen-bond acceptors (Lipinski definition) is 5. The first-order valence-electron chi connectivity index (χ1n) is 8.44. The van der Waals surface area contributed by atoms with Gasteiger partial charge in [0.25, 0.3) is 5.91 Å². The summed E-state index contributed by atoms with van der Waals surface area (Å²) in [5, 5.41) is 2.11. The van der Waals surface area contributed by atoms with Crippen LogP contribution in [0.3, 0.4) is 0 Å². The van der Waals surface area contributed by atoms with E-state index in [9.17, 15) is 13.2 Å². The molecule has 0 radical (unpaired) electrons. The number of halogens is 1. The van der Waals surface area contributed by atoms with E-state index >= 15 is 0 Å². The van der Waals surface area contributed by atoms with E-state index in [1.807, 2.05) is 0 Å². The van der Waals surface area contributed by atoms with Gasteiger partial charge in [-0.05, 0) is 48.5 Å². The van der Waals surface area contributed by atoms with Gasteiger partial charge in [0.2, 0.25) is 0 Å². The van der Waals surface area contributed by atoms with Crippen LogP contribution in [0.15, 0.2) is 82.3 Å². The van der Waals surface area contributed by atoms with Gasteiger partial charge in [0, 0.05) is 11.6 Å². The van der Waals surface area contributed by atoms with Crippen LogP contribution in [0, 0.1) is 0 Å². The molecular formula is C20H18ClNO5S. The SMILES string of the molecule is O=C(COc1ccc(Cl)cc1)NC[C@H](c1ccco1)S(=O)(=O)c1ccccc1. The summed E-state index contributed by atoms with van der Waals surface area (Å²) in [7, 11) is -3.76. The minimum atomic E-state index is -3.76. The Morgan fingerprint density at radius 2 is 1.75 bits per heavy atom. The lowest BCUT2D eigenvalue weighted by Gasteiger charge is -2.17. The van der Waals surface area contributed by atoms with Gasteiger partial charge in [0.1, 0.15) is 16.8 Å². The normalized spacial score (nSPS) is 12.3. The molecule has 0 aliphatic heterocycles. The molecule has 1 amide bonds. The van der Waals surface area contributed by atoms with Crippen LogP contribution < -0.4 is 10.1 Å². The Balaban J connectivity index is 1.67. The molecular weight excluding hydrogens is 402 g/mol. The molecule has 0 aliphatic carbocycles. The van der Waals surface area contributed by atoms with E-state index in [0.29, 0.717) is 10.8 Å². The van der Waals surface area contributed by atoms with Gasteiger partial charge in [-0.1, -0.05) is 29.8 Å². The van der Waals surface area contributed by atoms with E-state index < -0.39 is 21.0 Å². The number of rotatable bonds is 8. The van der Waals surface area contributed by atoms with E-state index in [0.717, 1.165) is 0 Å². The third-order valence-corrected chi connectivity index (χ3v) is 6.30. The molecule has 3 aromatic rings. The lowest BCUT2D eigenvalue weighted by molar-refractivity contribution is -0.123. The van der Waals surface area contributed by atoms with E-state index in [1.54, 1.807) is 54.6 Å². The van der Waals surface area contributed by atoms with E-state index in [2.05, 4.69) is 5.32 Å². The van der Waals surface area contributed by atoms with Gasteiger partial charge in [-0.25, -0.2) is 8.42 Å². The average Bonchev–Trinajstić information content (AvgIpc) is 3.22. The Hall–Kier alpha value is -2.77. The average molecular weight is 420 g/mol. The second-order valence-electron chi connectivity index (χ2n) is 5.91. The van der Waals surface area contributed by atoms with Gasteiger partial charge in [-0.15, -0.1) is 0 Å². The topological polar surface area (TPSA) is 85.6 Å². The summed E-state index contributed by atoms with van der Waals surface area (Å²) >= 11 is 5.80. The smallest absolute Gasteiger partial charge is 0.257 e. The number of hydrogen-bond donors (Lipinski definition) is 1. The third-order valence-electron chi connectivity index (χ3n) is 3.98. The van der Waals surface area contributed by atoms with Crippen molar-refractivity contribution in [2.75, 3.05) is 13.2 Å². The van der Waals surface area contributed by atoms with Crippen molar-refractivity contribution in [1.29, 1.82) is 0 Å². The van der Waals surface area contributed by atoms with Gasteiger partial charge in [0.05, 0.1) is 11.2 Å².